The van der Waals surface area contributed by atoms with Crippen molar-refractivity contribution in [3.63, 3.8) is 0 Å². The van der Waals surface area contributed by atoms with Gasteiger partial charge in [-0.15, -0.1) is 0 Å². The molecule has 0 unspecified atom stereocenters. The summed E-state index contributed by atoms with van der Waals surface area (Å²) in [5.41, 5.74) is 0. The number of rotatable bonds is 6. The highest BCUT2D eigenvalue weighted by atomic mass is 19.4. The maximum Gasteiger partial charge on any atom is 0.406 e. The number of nitrogens with zero attached hydrogens (tertiary/aromatic N) is 4. The first-order valence-corrected chi connectivity index (χ1v) is 8.33. The van der Waals surface area contributed by atoms with Gasteiger partial charge in [-0.05, 0) is 25.8 Å². The quantitative estimate of drug-likeness (QED) is 0.705. The summed E-state index contributed by atoms with van der Waals surface area (Å²) in [6, 6.07) is 1.68. The summed E-state index contributed by atoms with van der Waals surface area (Å²) >= 11 is 0. The number of ether oxygens (including phenoxy) is 1. The molecule has 10 heteroatoms. The van der Waals surface area contributed by atoms with Crippen LogP contribution >= 0.6 is 0 Å². The van der Waals surface area contributed by atoms with E-state index in [0.717, 1.165) is 0 Å². The Morgan fingerprint density at radius 2 is 1.88 bits per heavy atom. The molecule has 2 heterocycles. The van der Waals surface area contributed by atoms with Crippen LogP contribution in [0.4, 0.5) is 19.1 Å². The number of aromatic nitrogens is 2. The van der Waals surface area contributed by atoms with Gasteiger partial charge in [-0.3, -0.25) is 9.59 Å². The van der Waals surface area contributed by atoms with E-state index < -0.39 is 37.1 Å². The number of halogens is 3. The lowest BCUT2D eigenvalue weighted by atomic mass is 9.95. The van der Waals surface area contributed by atoms with Gasteiger partial charge in [0.05, 0.1) is 6.61 Å². The Kier molecular flexibility index (Phi) is 6.76. The number of esters is 1. The van der Waals surface area contributed by atoms with E-state index in [4.69, 9.17) is 0 Å². The topological polar surface area (TPSA) is 75.6 Å². The molecule has 0 N–H and O–H groups in total. The molecule has 1 aliphatic rings. The summed E-state index contributed by atoms with van der Waals surface area (Å²) in [7, 11) is 0. The maximum absolute atomic E-state index is 12.8. The number of carbonyl (C=O) groups excluding carboxylic acids is 2. The molecule has 1 fully saturated rings. The molecule has 1 aliphatic heterocycles. The molecule has 1 amide bonds. The molecule has 26 heavy (non-hydrogen) atoms. The summed E-state index contributed by atoms with van der Waals surface area (Å²) in [4.78, 5) is 34.8. The van der Waals surface area contributed by atoms with Crippen LogP contribution in [0.15, 0.2) is 18.5 Å². The van der Waals surface area contributed by atoms with Gasteiger partial charge in [0.15, 0.2) is 0 Å². The second-order valence-corrected chi connectivity index (χ2v) is 5.92. The SMILES string of the molecule is CCOC(=O)CN(CC(F)(F)F)C(=O)C1CCN(c2ncccn2)CC1. The molecule has 0 spiro atoms. The third kappa shape index (κ3) is 5.85. The molecular formula is C16H21F3N4O3. The van der Waals surface area contributed by atoms with Crippen LogP contribution in [0.25, 0.3) is 0 Å². The first kappa shape index (κ1) is 19.9. The Morgan fingerprint density at radius 3 is 2.42 bits per heavy atom. The van der Waals surface area contributed by atoms with E-state index in [2.05, 4.69) is 14.7 Å². The summed E-state index contributed by atoms with van der Waals surface area (Å²) in [5.74, 6) is -1.58. The zero-order valence-electron chi connectivity index (χ0n) is 14.4. The normalized spacial score (nSPS) is 15.6. The van der Waals surface area contributed by atoms with Crippen LogP contribution in [0.1, 0.15) is 19.8 Å². The third-order valence-corrected chi connectivity index (χ3v) is 3.99. The van der Waals surface area contributed by atoms with Crippen molar-refractivity contribution in [3.8, 4) is 0 Å². The van der Waals surface area contributed by atoms with Gasteiger partial charge < -0.3 is 14.5 Å². The number of hydrogen-bond donors (Lipinski definition) is 0. The molecular weight excluding hydrogens is 353 g/mol. The van der Waals surface area contributed by atoms with Crippen LogP contribution in [-0.4, -0.2) is 65.7 Å². The van der Waals surface area contributed by atoms with Gasteiger partial charge in [0.2, 0.25) is 11.9 Å². The second kappa shape index (κ2) is 8.81. The summed E-state index contributed by atoms with van der Waals surface area (Å²) < 4.78 is 43.0. The number of piperidine rings is 1. The highest BCUT2D eigenvalue weighted by molar-refractivity contribution is 5.84. The molecule has 0 atom stereocenters. The molecule has 1 aromatic rings. The van der Waals surface area contributed by atoms with Gasteiger partial charge in [-0.2, -0.15) is 13.2 Å². The zero-order chi connectivity index (χ0) is 19.2. The highest BCUT2D eigenvalue weighted by Crippen LogP contribution is 2.24. The van der Waals surface area contributed by atoms with Crippen LogP contribution < -0.4 is 4.90 Å². The van der Waals surface area contributed by atoms with Gasteiger partial charge in [-0.1, -0.05) is 0 Å². The minimum atomic E-state index is -4.58. The molecule has 144 valence electrons. The molecule has 0 aliphatic carbocycles. The predicted molar refractivity (Wildman–Crippen MR) is 86.2 cm³/mol. The van der Waals surface area contributed by atoms with Crippen LogP contribution in [0.5, 0.6) is 0 Å². The molecule has 0 bridgehead atoms. The number of amides is 1. The van der Waals surface area contributed by atoms with E-state index in [9.17, 15) is 22.8 Å². The Balaban J connectivity index is 1.98. The number of anilines is 1. The molecule has 0 saturated carbocycles. The molecule has 7 nitrogen and oxygen atoms in total. The summed E-state index contributed by atoms with van der Waals surface area (Å²) in [5, 5.41) is 0. The van der Waals surface area contributed by atoms with E-state index in [-0.39, 0.29) is 6.61 Å². The number of alkyl halides is 3. The number of carbonyl (C=O) groups is 2. The zero-order valence-corrected chi connectivity index (χ0v) is 14.4. The molecule has 0 aromatic carbocycles. The van der Waals surface area contributed by atoms with Crippen molar-refractivity contribution >= 4 is 17.8 Å². The van der Waals surface area contributed by atoms with E-state index in [1.165, 1.54) is 0 Å². The fourth-order valence-corrected chi connectivity index (χ4v) is 2.83. The average Bonchev–Trinajstić information content (AvgIpc) is 2.60. The largest absolute Gasteiger partial charge is 0.465 e. The fraction of sp³-hybridized carbons (Fsp3) is 0.625. The lowest BCUT2D eigenvalue weighted by Gasteiger charge is -2.34. The van der Waals surface area contributed by atoms with Crippen molar-refractivity contribution < 1.29 is 27.5 Å². The van der Waals surface area contributed by atoms with Gasteiger partial charge >= 0.3 is 12.1 Å². The monoisotopic (exact) mass is 374 g/mol. The lowest BCUT2D eigenvalue weighted by Crippen LogP contribution is -2.48. The van der Waals surface area contributed by atoms with Crippen LogP contribution in [0.2, 0.25) is 0 Å². The lowest BCUT2D eigenvalue weighted by molar-refractivity contribution is -0.169. The van der Waals surface area contributed by atoms with Crippen molar-refractivity contribution in [2.24, 2.45) is 5.92 Å². The number of hydrogen-bond acceptors (Lipinski definition) is 6. The van der Waals surface area contributed by atoms with Crippen LogP contribution in [-0.2, 0) is 14.3 Å². The van der Waals surface area contributed by atoms with Crippen molar-refractivity contribution in [3.05, 3.63) is 18.5 Å². The maximum atomic E-state index is 12.8. The smallest absolute Gasteiger partial charge is 0.406 e. The van der Waals surface area contributed by atoms with Crippen molar-refractivity contribution in [2.45, 2.75) is 25.9 Å². The van der Waals surface area contributed by atoms with E-state index in [0.29, 0.717) is 36.8 Å². The Bertz CT molecular complexity index is 605. The van der Waals surface area contributed by atoms with Crippen LogP contribution in [0, 0.1) is 5.92 Å². The molecule has 1 saturated heterocycles. The molecule has 2 rings (SSSR count). The van der Waals surface area contributed by atoms with E-state index in [1.807, 2.05) is 4.90 Å². The summed E-state index contributed by atoms with van der Waals surface area (Å²) in [6.45, 7) is 0.345. The molecule has 1 aromatic heterocycles. The first-order chi connectivity index (χ1) is 12.3. The van der Waals surface area contributed by atoms with Crippen molar-refractivity contribution in [1.29, 1.82) is 0 Å². The molecule has 0 radical (unpaired) electrons. The standard InChI is InChI=1S/C16H21F3N4O3/c1-2-26-13(24)10-23(11-16(17,18)19)14(25)12-4-8-22(9-5-12)15-20-6-3-7-21-15/h3,6-7,12H,2,4-5,8-11H2,1H3. The summed E-state index contributed by atoms with van der Waals surface area (Å²) in [6.07, 6.45) is -0.642. The minimum absolute atomic E-state index is 0.0440. The van der Waals surface area contributed by atoms with E-state index >= 15 is 0 Å². The Hall–Kier alpha value is -2.39. The third-order valence-electron chi connectivity index (χ3n) is 3.99. The second-order valence-electron chi connectivity index (χ2n) is 5.92. The van der Waals surface area contributed by atoms with Gasteiger partial charge in [0.1, 0.15) is 13.1 Å². The fourth-order valence-electron chi connectivity index (χ4n) is 2.83. The minimum Gasteiger partial charge on any atom is -0.465 e. The highest BCUT2D eigenvalue weighted by Gasteiger charge is 2.37. The van der Waals surface area contributed by atoms with Gasteiger partial charge in [-0.25, -0.2) is 9.97 Å². The van der Waals surface area contributed by atoms with Crippen molar-refractivity contribution in [1.82, 2.24) is 14.9 Å². The van der Waals surface area contributed by atoms with Crippen molar-refractivity contribution in [2.75, 3.05) is 37.7 Å². The van der Waals surface area contributed by atoms with Gasteiger partial charge in [0.25, 0.3) is 0 Å². The van der Waals surface area contributed by atoms with E-state index in [1.54, 1.807) is 25.4 Å². The Morgan fingerprint density at radius 1 is 1.27 bits per heavy atom. The van der Waals surface area contributed by atoms with Gasteiger partial charge in [0, 0.05) is 31.4 Å². The predicted octanol–water partition coefficient (Wildman–Crippen LogP) is 1.65. The Labute approximate surface area is 149 Å². The van der Waals surface area contributed by atoms with Crippen LogP contribution in [0.3, 0.4) is 0 Å². The average molecular weight is 374 g/mol. The first-order valence-electron chi connectivity index (χ1n) is 8.33.